The summed E-state index contributed by atoms with van der Waals surface area (Å²) in [7, 11) is 0. The maximum absolute atomic E-state index is 13.8. The second kappa shape index (κ2) is 8.41. The number of aliphatic hydroxyl groups is 1. The van der Waals surface area contributed by atoms with Gasteiger partial charge in [-0.25, -0.2) is 9.23 Å². The van der Waals surface area contributed by atoms with E-state index in [9.17, 15) is 24.1 Å². The van der Waals surface area contributed by atoms with Crippen LogP contribution in [-0.4, -0.2) is 33.2 Å². The van der Waals surface area contributed by atoms with E-state index >= 15 is 0 Å². The minimum absolute atomic E-state index is 0.0950. The summed E-state index contributed by atoms with van der Waals surface area (Å²) < 4.78 is 15.1. The molecule has 0 bridgehead atoms. The van der Waals surface area contributed by atoms with E-state index in [-0.39, 0.29) is 41.5 Å². The number of halogens is 2. The molecule has 9 nitrogen and oxygen atoms in total. The molecule has 0 unspecified atom stereocenters. The van der Waals surface area contributed by atoms with Gasteiger partial charge in [-0.15, -0.1) is 10.1 Å². The van der Waals surface area contributed by atoms with E-state index in [0.717, 1.165) is 12.1 Å². The van der Waals surface area contributed by atoms with Crippen molar-refractivity contribution >= 4 is 29.2 Å². The summed E-state index contributed by atoms with van der Waals surface area (Å²) >= 11 is 5.63. The molecule has 1 aromatic heterocycles. The molecule has 26 heavy (non-hydrogen) atoms. The summed E-state index contributed by atoms with van der Waals surface area (Å²) in [6, 6.07) is 4.65. The van der Waals surface area contributed by atoms with Gasteiger partial charge in [0, 0.05) is 24.4 Å². The third-order valence-corrected chi connectivity index (χ3v) is 3.49. The summed E-state index contributed by atoms with van der Waals surface area (Å²) in [6.45, 7) is -0.0383. The van der Waals surface area contributed by atoms with Gasteiger partial charge < -0.3 is 15.0 Å². The first kappa shape index (κ1) is 19.3. The van der Waals surface area contributed by atoms with Crippen LogP contribution in [0, 0.1) is 15.9 Å². The van der Waals surface area contributed by atoms with E-state index in [2.05, 4.69) is 10.2 Å². The number of benzene rings is 1. The average molecular weight is 386 g/mol. The number of hydrogen-bond donors (Lipinski definition) is 2. The first-order valence-corrected chi connectivity index (χ1v) is 7.63. The lowest BCUT2D eigenvalue weighted by atomic mass is 10.2. The predicted octanol–water partition coefficient (Wildman–Crippen LogP) is 2.26. The van der Waals surface area contributed by atoms with Crippen molar-refractivity contribution in [2.24, 2.45) is 0 Å². The summed E-state index contributed by atoms with van der Waals surface area (Å²) in [5.41, 5.74) is -0.383. The van der Waals surface area contributed by atoms with Crippen LogP contribution in [-0.2, 0) is 11.4 Å². The molecule has 0 radical (unpaired) electrons. The molecule has 0 fully saturated rings. The number of rotatable bonds is 7. The highest BCUT2D eigenvalue weighted by Crippen LogP contribution is 2.19. The van der Waals surface area contributed by atoms with Crippen molar-refractivity contribution in [1.82, 2.24) is 4.57 Å². The lowest BCUT2D eigenvalue weighted by Crippen LogP contribution is -2.15. The van der Waals surface area contributed by atoms with Crippen LogP contribution >= 0.6 is 11.6 Å². The Balaban J connectivity index is 2.25. The fourth-order valence-corrected chi connectivity index (χ4v) is 2.32. The maximum Gasteiger partial charge on any atom is 0.350 e. The molecule has 138 valence electrons. The van der Waals surface area contributed by atoms with Gasteiger partial charge in [-0.1, -0.05) is 11.6 Å². The predicted molar refractivity (Wildman–Crippen MR) is 87.9 cm³/mol. The molecule has 2 rings (SSSR count). The van der Waals surface area contributed by atoms with Crippen molar-refractivity contribution in [3.63, 3.8) is 0 Å². The molecule has 1 aromatic carbocycles. The minimum Gasteiger partial charge on any atom is -0.396 e. The van der Waals surface area contributed by atoms with E-state index in [1.54, 1.807) is 0 Å². The van der Waals surface area contributed by atoms with Crippen LogP contribution in [0.25, 0.3) is 0 Å². The van der Waals surface area contributed by atoms with Gasteiger partial charge in [-0.3, -0.25) is 9.59 Å². The fraction of sp³-hybridized carbons (Fsp3) is 0.200. The van der Waals surface area contributed by atoms with Crippen molar-refractivity contribution in [3.05, 3.63) is 62.7 Å². The molecular formula is C15H13ClFN3O6. The van der Waals surface area contributed by atoms with Crippen LogP contribution in [0.15, 0.2) is 30.5 Å². The smallest absolute Gasteiger partial charge is 0.350 e. The Morgan fingerprint density at radius 1 is 1.38 bits per heavy atom. The van der Waals surface area contributed by atoms with Gasteiger partial charge in [0.05, 0.1) is 11.3 Å². The number of aliphatic hydroxyl groups excluding tert-OH is 1. The van der Waals surface area contributed by atoms with Gasteiger partial charge in [0.25, 0.3) is 5.91 Å². The van der Waals surface area contributed by atoms with Crippen LogP contribution in [0.2, 0.25) is 5.02 Å². The molecule has 0 spiro atoms. The summed E-state index contributed by atoms with van der Waals surface area (Å²) in [5, 5.41) is 20.5. The zero-order valence-electron chi connectivity index (χ0n) is 13.1. The van der Waals surface area contributed by atoms with Crippen LogP contribution in [0.1, 0.15) is 27.3 Å². The molecule has 0 aliphatic heterocycles. The van der Waals surface area contributed by atoms with E-state index < -0.39 is 22.8 Å². The number of nitrogens with zero attached hydrogens (tertiary/aromatic N) is 2. The number of carbonyl (C=O) groups excluding carboxylic acids is 2. The number of anilines is 1. The quantitative estimate of drug-likeness (QED) is 0.556. The normalized spacial score (nSPS) is 10.4. The molecule has 2 aromatic rings. The largest absolute Gasteiger partial charge is 0.396 e. The third kappa shape index (κ3) is 4.77. The Kier molecular flexibility index (Phi) is 6.26. The average Bonchev–Trinajstić information content (AvgIpc) is 2.94. The van der Waals surface area contributed by atoms with Crippen molar-refractivity contribution in [3.8, 4) is 0 Å². The zero-order chi connectivity index (χ0) is 19.3. The molecule has 11 heteroatoms. The molecular weight excluding hydrogens is 373 g/mol. The SMILES string of the molecule is O=C(Nc1cc(C(=O)O[N+](=O)[O-])n(CCCO)c1)c1ccc(Cl)cc1F. The zero-order valence-corrected chi connectivity index (χ0v) is 13.9. The topological polar surface area (TPSA) is 124 Å². The van der Waals surface area contributed by atoms with Crippen LogP contribution in [0.4, 0.5) is 10.1 Å². The van der Waals surface area contributed by atoms with Gasteiger partial charge in [-0.2, -0.15) is 0 Å². The van der Waals surface area contributed by atoms with Crippen LogP contribution < -0.4 is 5.32 Å². The van der Waals surface area contributed by atoms with Crippen molar-refractivity contribution in [1.29, 1.82) is 0 Å². The lowest BCUT2D eigenvalue weighted by molar-refractivity contribution is -0.727. The van der Waals surface area contributed by atoms with E-state index in [1.165, 1.54) is 22.9 Å². The molecule has 2 N–H and O–H groups in total. The van der Waals surface area contributed by atoms with Gasteiger partial charge in [0.15, 0.2) is 0 Å². The van der Waals surface area contributed by atoms with Crippen LogP contribution in [0.3, 0.4) is 0 Å². The lowest BCUT2D eigenvalue weighted by Gasteiger charge is -2.05. The molecule has 0 saturated carbocycles. The molecule has 0 aliphatic rings. The molecule has 1 heterocycles. The first-order chi connectivity index (χ1) is 12.3. The maximum atomic E-state index is 13.8. The van der Waals surface area contributed by atoms with E-state index in [0.29, 0.717) is 0 Å². The highest BCUT2D eigenvalue weighted by Gasteiger charge is 2.19. The van der Waals surface area contributed by atoms with Gasteiger partial charge in [0.2, 0.25) is 0 Å². The summed E-state index contributed by atoms with van der Waals surface area (Å²) in [4.78, 5) is 38.2. The Morgan fingerprint density at radius 2 is 2.12 bits per heavy atom. The Hall–Kier alpha value is -2.98. The number of aryl methyl sites for hydroxylation is 1. The second-order valence-electron chi connectivity index (χ2n) is 5.07. The molecule has 0 saturated heterocycles. The van der Waals surface area contributed by atoms with Gasteiger partial charge in [-0.05, 0) is 30.7 Å². The van der Waals surface area contributed by atoms with Crippen LogP contribution in [0.5, 0.6) is 0 Å². The first-order valence-electron chi connectivity index (χ1n) is 7.26. The standard InChI is InChI=1S/C15H13ClFN3O6/c16-9-2-3-11(12(17)6-9)14(22)18-10-7-13(15(23)26-20(24)25)19(8-10)4-1-5-21/h2-3,6-8,21H,1,4-5H2,(H,18,22). The van der Waals surface area contributed by atoms with Crippen molar-refractivity contribution < 1.29 is 29.0 Å². The Morgan fingerprint density at radius 3 is 2.73 bits per heavy atom. The van der Waals surface area contributed by atoms with Gasteiger partial charge >= 0.3 is 11.1 Å². The molecule has 0 atom stereocenters. The third-order valence-electron chi connectivity index (χ3n) is 3.25. The number of carbonyl (C=O) groups is 2. The van der Waals surface area contributed by atoms with Crippen molar-refractivity contribution in [2.45, 2.75) is 13.0 Å². The Bertz CT molecular complexity index is 854. The summed E-state index contributed by atoms with van der Waals surface area (Å²) in [6.07, 6.45) is 1.57. The van der Waals surface area contributed by atoms with Gasteiger partial charge in [0.1, 0.15) is 11.5 Å². The number of nitrogens with one attached hydrogen (secondary N) is 1. The summed E-state index contributed by atoms with van der Waals surface area (Å²) in [5.74, 6) is -2.87. The number of amides is 1. The number of hydrogen-bond acceptors (Lipinski definition) is 6. The van der Waals surface area contributed by atoms with E-state index in [4.69, 9.17) is 16.7 Å². The highest BCUT2D eigenvalue weighted by atomic mass is 35.5. The van der Waals surface area contributed by atoms with Crippen molar-refractivity contribution in [2.75, 3.05) is 11.9 Å². The second-order valence-corrected chi connectivity index (χ2v) is 5.50. The Labute approximate surface area is 151 Å². The monoisotopic (exact) mass is 385 g/mol. The minimum atomic E-state index is -1.26. The number of aromatic nitrogens is 1. The fourth-order valence-electron chi connectivity index (χ4n) is 2.16. The molecule has 0 aliphatic carbocycles. The molecule has 1 amide bonds. The highest BCUT2D eigenvalue weighted by molar-refractivity contribution is 6.30. The van der Waals surface area contributed by atoms with E-state index in [1.807, 2.05) is 0 Å².